The maximum atomic E-state index is 15.4. The van der Waals surface area contributed by atoms with Crippen LogP contribution in [0.15, 0.2) is 111 Å². The van der Waals surface area contributed by atoms with Crippen LogP contribution in [0.4, 0.5) is 10.1 Å². The number of methoxy groups -OCH3 is 2. The van der Waals surface area contributed by atoms with E-state index in [0.29, 0.717) is 44.9 Å². The predicted molar refractivity (Wildman–Crippen MR) is 218 cm³/mol. The van der Waals surface area contributed by atoms with Crippen LogP contribution in [0.25, 0.3) is 11.0 Å². The lowest BCUT2D eigenvalue weighted by Crippen LogP contribution is -2.53. The van der Waals surface area contributed by atoms with Gasteiger partial charge in [-0.3, -0.25) is 19.8 Å². The molecule has 0 spiro atoms. The Hall–Kier alpha value is -7.23. The van der Waals surface area contributed by atoms with Crippen LogP contribution in [-0.4, -0.2) is 59.6 Å². The number of aromatic hydroxyl groups is 1. The fraction of sp³-hybridized carbons (Fsp3) is 0.273. The van der Waals surface area contributed by atoms with Crippen LogP contribution in [0.2, 0.25) is 0 Å². The average molecular weight is 814 g/mol. The Morgan fingerprint density at radius 1 is 0.917 bits per heavy atom. The van der Waals surface area contributed by atoms with E-state index < -0.39 is 63.6 Å². The first-order valence-electron chi connectivity index (χ1n) is 19.4. The highest BCUT2D eigenvalue weighted by molar-refractivity contribution is 6.12. The maximum Gasteiger partial charge on any atom is 0.347 e. The number of aryl methyl sites for hydroxylation is 3. The van der Waals surface area contributed by atoms with Crippen molar-refractivity contribution in [3.8, 4) is 17.2 Å². The zero-order valence-corrected chi connectivity index (χ0v) is 33.1. The Morgan fingerprint density at radius 2 is 1.63 bits per heavy atom. The van der Waals surface area contributed by atoms with E-state index >= 15 is 9.18 Å². The molecule has 2 N–H and O–H groups in total. The number of amides is 2. The molecule has 6 aromatic rings. The molecule has 2 aliphatic heterocycles. The number of phenolic OH excluding ortho intramolecular Hbond substituents is 1. The highest BCUT2D eigenvalue weighted by Crippen LogP contribution is 2.62. The van der Waals surface area contributed by atoms with Gasteiger partial charge >= 0.3 is 11.4 Å². The van der Waals surface area contributed by atoms with Gasteiger partial charge in [-0.25, -0.2) is 32.9 Å². The molecule has 0 radical (unpaired) electrons. The summed E-state index contributed by atoms with van der Waals surface area (Å²) in [7, 11) is 4.56. The van der Waals surface area contributed by atoms with Crippen LogP contribution in [0.3, 0.4) is 0 Å². The van der Waals surface area contributed by atoms with Gasteiger partial charge in [0.05, 0.1) is 54.9 Å². The minimum Gasteiger partial charge on any atom is -0.505 e. The van der Waals surface area contributed by atoms with Gasteiger partial charge in [0.25, 0.3) is 17.4 Å². The minimum absolute atomic E-state index is 0.0596. The second-order valence-electron chi connectivity index (χ2n) is 15.4. The van der Waals surface area contributed by atoms with Crippen molar-refractivity contribution in [1.29, 1.82) is 0 Å². The molecule has 4 heterocycles. The van der Waals surface area contributed by atoms with Gasteiger partial charge in [-0.1, -0.05) is 60.2 Å². The molecule has 9 rings (SSSR count). The maximum absolute atomic E-state index is 15.4. The minimum atomic E-state index is -1.63. The number of aromatic nitrogens is 5. The number of ether oxygens (including phenoxy) is 2. The quantitative estimate of drug-likeness (QED) is 0.160. The number of carbonyl (C=O) groups is 2. The lowest BCUT2D eigenvalue weighted by Gasteiger charge is -2.49. The van der Waals surface area contributed by atoms with Crippen LogP contribution in [0, 0.1) is 18.7 Å². The van der Waals surface area contributed by atoms with Crippen molar-refractivity contribution >= 4 is 28.5 Å². The van der Waals surface area contributed by atoms with E-state index in [1.807, 2.05) is 19.1 Å². The van der Waals surface area contributed by atoms with Gasteiger partial charge in [0.15, 0.2) is 23.1 Å². The molecule has 2 fully saturated rings. The lowest BCUT2D eigenvalue weighted by atomic mass is 9.53. The molecule has 4 aromatic carbocycles. The largest absolute Gasteiger partial charge is 0.505 e. The summed E-state index contributed by atoms with van der Waals surface area (Å²) in [6.45, 7) is 1.64. The number of anilines is 1. The first-order valence-corrected chi connectivity index (χ1v) is 19.4. The Labute approximate surface area is 341 Å². The molecule has 1 aliphatic carbocycles. The van der Waals surface area contributed by atoms with Crippen molar-refractivity contribution in [3.63, 3.8) is 0 Å². The van der Waals surface area contributed by atoms with Gasteiger partial charge < -0.3 is 19.1 Å². The number of phenols is 1. The average Bonchev–Trinajstić information content (AvgIpc) is 3.63. The van der Waals surface area contributed by atoms with Crippen LogP contribution in [-0.2, 0) is 41.6 Å². The molecule has 306 valence electrons. The Bertz CT molecular complexity index is 2970. The Balaban J connectivity index is 1.16. The molecular formula is C44H40FN7O8. The Kier molecular flexibility index (Phi) is 9.10. The van der Waals surface area contributed by atoms with Gasteiger partial charge in [-0.2, -0.15) is 5.01 Å². The van der Waals surface area contributed by atoms with Crippen LogP contribution in [0.5, 0.6) is 17.2 Å². The highest BCUT2D eigenvalue weighted by Gasteiger charge is 2.68. The summed E-state index contributed by atoms with van der Waals surface area (Å²) in [6, 6.07) is 22.2. The number of nitrogens with zero attached hydrogens (tertiary/aromatic N) is 6. The summed E-state index contributed by atoms with van der Waals surface area (Å²) in [4.78, 5) is 76.9. The molecule has 3 aliphatic rings. The third-order valence-corrected chi connectivity index (χ3v) is 12.3. The molecule has 60 heavy (non-hydrogen) atoms. The molecular weight excluding hydrogens is 774 g/mol. The van der Waals surface area contributed by atoms with E-state index in [-0.39, 0.29) is 31.6 Å². The number of imide groups is 1. The first-order chi connectivity index (χ1) is 28.9. The molecule has 15 nitrogen and oxygen atoms in total. The van der Waals surface area contributed by atoms with Crippen LogP contribution >= 0.6 is 0 Å². The number of hydrogen-bond acceptors (Lipinski definition) is 10. The van der Waals surface area contributed by atoms with E-state index in [0.717, 1.165) is 21.2 Å². The number of hydrazine groups is 1. The lowest BCUT2D eigenvalue weighted by molar-refractivity contribution is -0.138. The number of nitrogens with one attached hydrogen (secondary N) is 1. The molecule has 0 bridgehead atoms. The number of rotatable bonds is 9. The fourth-order valence-corrected chi connectivity index (χ4v) is 9.42. The van der Waals surface area contributed by atoms with Gasteiger partial charge in [-0.15, -0.1) is 0 Å². The molecule has 0 unspecified atom stereocenters. The van der Waals surface area contributed by atoms with Crippen molar-refractivity contribution in [2.24, 2.45) is 13.0 Å². The number of benzene rings is 4. The number of carbonyl (C=O) groups excluding carboxylic acids is 2. The first kappa shape index (κ1) is 38.3. The molecule has 2 amide bonds. The zero-order valence-electron chi connectivity index (χ0n) is 33.1. The SMILES string of the molecule is COc1cc2nc(CCn3c(=O)n4n(c3=O)[C@@H]3C[C@H]5C(=O)N(Nc6ccc(C)cc6)C(=O)[C@@]5(c5ccccc5)[C@@H](c5ccc(O)c(F)c5)C3=CC4)c(=O)n(C)c2cc1OC. The van der Waals surface area contributed by atoms with Gasteiger partial charge in [0.2, 0.25) is 0 Å². The summed E-state index contributed by atoms with van der Waals surface area (Å²) in [5.74, 6) is -3.96. The van der Waals surface area contributed by atoms with Gasteiger partial charge in [-0.05, 0) is 54.3 Å². The van der Waals surface area contributed by atoms with E-state index in [2.05, 4.69) is 10.4 Å². The normalized spacial score (nSPS) is 20.7. The smallest absolute Gasteiger partial charge is 0.347 e. The fourth-order valence-electron chi connectivity index (χ4n) is 9.42. The van der Waals surface area contributed by atoms with E-state index in [9.17, 15) is 24.3 Å². The standard InChI is InChI=1S/C44H40FN7O8/c1-24-10-13-27(14-11-24)47-51-39(54)29-21-33-28(38(25-12-15-35(53)30(45)20-25)44(29,41(51)56)26-8-6-5-7-9-26)16-19-50-42(57)49(43(58)52(33)50)18-17-31-40(55)48(2)34-23-37(60-4)36(59-3)22-32(34)46-31/h5-16,20,22-23,29,33,38,47,53H,17-19,21H2,1-4H3/t29-,33+,38-,44+/m0/s1. The second-order valence-corrected chi connectivity index (χ2v) is 15.4. The summed E-state index contributed by atoms with van der Waals surface area (Å²) in [6.07, 6.45) is 1.64. The predicted octanol–water partition coefficient (Wildman–Crippen LogP) is 4.09. The molecule has 4 atom stereocenters. The highest BCUT2D eigenvalue weighted by atomic mass is 19.1. The van der Waals surface area contributed by atoms with E-state index in [1.165, 1.54) is 40.3 Å². The van der Waals surface area contributed by atoms with Gasteiger partial charge in [0.1, 0.15) is 5.69 Å². The Morgan fingerprint density at radius 3 is 2.33 bits per heavy atom. The van der Waals surface area contributed by atoms with Crippen LogP contribution in [0.1, 0.15) is 40.8 Å². The summed E-state index contributed by atoms with van der Waals surface area (Å²) in [5, 5.41) is 11.3. The van der Waals surface area contributed by atoms with Gasteiger partial charge in [0, 0.05) is 38.1 Å². The summed E-state index contributed by atoms with van der Waals surface area (Å²) in [5.41, 5.74) is 3.51. The zero-order chi connectivity index (χ0) is 42.2. The van der Waals surface area contributed by atoms with Crippen molar-refractivity contribution < 1.29 is 28.6 Å². The van der Waals surface area contributed by atoms with E-state index in [1.54, 1.807) is 67.7 Å². The number of allylic oxidation sites excluding steroid dienone is 2. The number of halogens is 1. The van der Waals surface area contributed by atoms with Crippen molar-refractivity contribution in [1.82, 2.24) is 28.5 Å². The molecule has 1 saturated heterocycles. The topological polar surface area (TPSA) is 172 Å². The summed E-state index contributed by atoms with van der Waals surface area (Å²) >= 11 is 0. The van der Waals surface area contributed by atoms with Crippen molar-refractivity contribution in [2.45, 2.75) is 50.2 Å². The number of fused-ring (bicyclic) bond motifs is 5. The third-order valence-electron chi connectivity index (χ3n) is 12.3. The van der Waals surface area contributed by atoms with Crippen molar-refractivity contribution in [3.05, 3.63) is 156 Å². The number of hydrogen-bond donors (Lipinski definition) is 2. The monoisotopic (exact) mass is 813 g/mol. The van der Waals surface area contributed by atoms with E-state index in [4.69, 9.17) is 9.47 Å². The molecule has 2 aromatic heterocycles. The molecule has 1 saturated carbocycles. The second kappa shape index (κ2) is 14.2. The molecule has 16 heteroatoms. The summed E-state index contributed by atoms with van der Waals surface area (Å²) < 4.78 is 31.3. The van der Waals surface area contributed by atoms with Crippen molar-refractivity contribution in [2.75, 3.05) is 19.6 Å². The third kappa shape index (κ3) is 5.61. The van der Waals surface area contributed by atoms with Crippen LogP contribution < -0.4 is 31.8 Å².